The Morgan fingerprint density at radius 2 is 1.89 bits per heavy atom. The molecule has 0 aromatic heterocycles. The van der Waals surface area contributed by atoms with Crippen LogP contribution in [-0.2, 0) is 4.74 Å². The molecule has 1 saturated heterocycles. The van der Waals surface area contributed by atoms with E-state index in [2.05, 4.69) is 0 Å². The molecule has 1 aliphatic rings. The van der Waals surface area contributed by atoms with Gasteiger partial charge in [0, 0.05) is 0 Å². The van der Waals surface area contributed by atoms with Crippen molar-refractivity contribution in [3.8, 4) is 0 Å². The molecule has 1 heterocycles. The Balaban J connectivity index is 2.48. The molecular formula is C4H4Cl4O. The van der Waals surface area contributed by atoms with Crippen molar-refractivity contribution < 1.29 is 4.74 Å². The molecule has 0 aromatic rings. The van der Waals surface area contributed by atoms with Crippen LogP contribution in [0.1, 0.15) is 0 Å². The summed E-state index contributed by atoms with van der Waals surface area (Å²) in [5, 5.41) is 0. The van der Waals surface area contributed by atoms with E-state index < -0.39 is 9.17 Å². The van der Waals surface area contributed by atoms with Gasteiger partial charge in [-0.2, -0.15) is 0 Å². The van der Waals surface area contributed by atoms with Gasteiger partial charge in [0.05, 0.1) is 6.61 Å². The first-order valence-electron chi connectivity index (χ1n) is 2.32. The Bertz CT molecular complexity index is 105. The molecule has 0 aromatic carbocycles. The summed E-state index contributed by atoms with van der Waals surface area (Å²) in [6.07, 6.45) is -0.194. The zero-order valence-corrected chi connectivity index (χ0v) is 7.31. The number of alkyl halides is 4. The average Bonchev–Trinajstić information content (AvgIpc) is 2.42. The van der Waals surface area contributed by atoms with Gasteiger partial charge in [0.15, 0.2) is 4.33 Å². The molecule has 0 saturated carbocycles. The zero-order valence-electron chi connectivity index (χ0n) is 4.28. The van der Waals surface area contributed by atoms with Gasteiger partial charge in [0.25, 0.3) is 0 Å². The molecule has 1 nitrogen and oxygen atoms in total. The summed E-state index contributed by atoms with van der Waals surface area (Å²) in [7, 11) is 0. The largest absolute Gasteiger partial charge is 0.370 e. The normalized spacial score (nSPS) is 27.0. The summed E-state index contributed by atoms with van der Waals surface area (Å²) in [6, 6.07) is 0. The minimum absolute atomic E-state index is 0.194. The number of hydrogen-bond acceptors (Lipinski definition) is 1. The van der Waals surface area contributed by atoms with Crippen LogP contribution in [0.4, 0.5) is 0 Å². The van der Waals surface area contributed by atoms with Crippen molar-refractivity contribution in [2.75, 3.05) is 6.61 Å². The van der Waals surface area contributed by atoms with Crippen LogP contribution in [0.3, 0.4) is 0 Å². The fourth-order valence-corrected chi connectivity index (χ4v) is 0.944. The Kier molecular flexibility index (Phi) is 2.40. The Hall–Kier alpha value is 1.12. The second-order valence-corrected chi connectivity index (χ2v) is 4.34. The van der Waals surface area contributed by atoms with Gasteiger partial charge in [-0.05, 0) is 0 Å². The van der Waals surface area contributed by atoms with E-state index in [0.29, 0.717) is 6.61 Å². The lowest BCUT2D eigenvalue weighted by molar-refractivity contribution is 0.392. The van der Waals surface area contributed by atoms with E-state index in [1.165, 1.54) is 0 Å². The van der Waals surface area contributed by atoms with Crippen LogP contribution in [0.25, 0.3) is 0 Å². The van der Waals surface area contributed by atoms with E-state index in [1.807, 2.05) is 0 Å². The zero-order chi connectivity index (χ0) is 7.07. The van der Waals surface area contributed by atoms with Gasteiger partial charge in [-0.3, -0.25) is 0 Å². The fraction of sp³-hybridized carbons (Fsp3) is 1.00. The van der Waals surface area contributed by atoms with Gasteiger partial charge in [-0.25, -0.2) is 0 Å². The summed E-state index contributed by atoms with van der Waals surface area (Å²) in [5.74, 6) is 0. The van der Waals surface area contributed by atoms with Crippen LogP contribution in [0.5, 0.6) is 0 Å². The van der Waals surface area contributed by atoms with E-state index in [-0.39, 0.29) is 6.10 Å². The van der Waals surface area contributed by atoms with E-state index >= 15 is 0 Å². The van der Waals surface area contributed by atoms with Gasteiger partial charge in [0.1, 0.15) is 10.9 Å². The smallest absolute Gasteiger partial charge is 0.176 e. The highest BCUT2D eigenvalue weighted by Gasteiger charge is 2.48. The lowest BCUT2D eigenvalue weighted by atomic mass is 10.3. The van der Waals surface area contributed by atoms with Crippen LogP contribution in [-0.4, -0.2) is 21.9 Å². The number of hydrogen-bond donors (Lipinski definition) is 0. The van der Waals surface area contributed by atoms with E-state index in [4.69, 9.17) is 51.1 Å². The maximum Gasteiger partial charge on any atom is 0.176 e. The predicted octanol–water partition coefficient (Wildman–Crippen LogP) is 2.36. The topological polar surface area (TPSA) is 12.5 Å². The van der Waals surface area contributed by atoms with E-state index in [0.717, 1.165) is 0 Å². The van der Waals surface area contributed by atoms with Crippen LogP contribution in [0.15, 0.2) is 0 Å². The van der Waals surface area contributed by atoms with Gasteiger partial charge in [0.2, 0.25) is 0 Å². The van der Waals surface area contributed by atoms with Crippen LogP contribution in [0, 0.1) is 0 Å². The minimum Gasteiger partial charge on any atom is -0.370 e. The van der Waals surface area contributed by atoms with Crippen molar-refractivity contribution in [1.29, 1.82) is 0 Å². The first-order valence-corrected chi connectivity index (χ1v) is 3.95. The summed E-state index contributed by atoms with van der Waals surface area (Å²) < 4.78 is 3.67. The second kappa shape index (κ2) is 2.63. The second-order valence-electron chi connectivity index (χ2n) is 1.80. The SMILES string of the molecule is ClC(Cl)C(Cl)(Cl)C1CO1. The summed E-state index contributed by atoms with van der Waals surface area (Å²) in [5.41, 5.74) is 0. The highest BCUT2D eigenvalue weighted by Crippen LogP contribution is 2.41. The van der Waals surface area contributed by atoms with Gasteiger partial charge < -0.3 is 4.74 Å². The average molecular weight is 210 g/mol. The fourth-order valence-electron chi connectivity index (χ4n) is 0.411. The van der Waals surface area contributed by atoms with Crippen LogP contribution >= 0.6 is 46.4 Å². The summed E-state index contributed by atoms with van der Waals surface area (Å²) in [4.78, 5) is -0.798. The molecule has 5 heteroatoms. The molecule has 9 heavy (non-hydrogen) atoms. The quantitative estimate of drug-likeness (QED) is 0.503. The van der Waals surface area contributed by atoms with Gasteiger partial charge in [-0.1, -0.05) is 23.2 Å². The van der Waals surface area contributed by atoms with Crippen LogP contribution in [0.2, 0.25) is 0 Å². The lowest BCUT2D eigenvalue weighted by Gasteiger charge is -2.16. The molecule has 0 N–H and O–H groups in total. The molecule has 1 fully saturated rings. The van der Waals surface area contributed by atoms with Crippen molar-refractivity contribution >= 4 is 46.4 Å². The van der Waals surface area contributed by atoms with Crippen molar-refractivity contribution in [2.45, 2.75) is 15.3 Å². The Labute approximate surface area is 73.2 Å². The first-order chi connectivity index (χ1) is 4.05. The highest BCUT2D eigenvalue weighted by molar-refractivity contribution is 6.60. The van der Waals surface area contributed by atoms with Crippen LogP contribution < -0.4 is 0 Å². The number of epoxide rings is 1. The van der Waals surface area contributed by atoms with Crippen molar-refractivity contribution in [3.63, 3.8) is 0 Å². The summed E-state index contributed by atoms with van der Waals surface area (Å²) >= 11 is 22.1. The van der Waals surface area contributed by atoms with Gasteiger partial charge in [-0.15, -0.1) is 23.2 Å². The third-order valence-electron chi connectivity index (χ3n) is 1.05. The Morgan fingerprint density at radius 1 is 1.44 bits per heavy atom. The van der Waals surface area contributed by atoms with Crippen molar-refractivity contribution in [3.05, 3.63) is 0 Å². The lowest BCUT2D eigenvalue weighted by Crippen LogP contribution is -2.28. The van der Waals surface area contributed by atoms with Crippen molar-refractivity contribution in [2.24, 2.45) is 0 Å². The molecule has 1 aliphatic heterocycles. The standard InChI is InChI=1S/C4H4Cl4O/c5-3(6)4(7,8)2-1-9-2/h2-3H,1H2. The predicted molar refractivity (Wildman–Crippen MR) is 39.7 cm³/mol. The van der Waals surface area contributed by atoms with Crippen molar-refractivity contribution in [1.82, 2.24) is 0 Å². The molecular weight excluding hydrogens is 206 g/mol. The van der Waals surface area contributed by atoms with E-state index in [1.54, 1.807) is 0 Å². The Morgan fingerprint density at radius 3 is 2.00 bits per heavy atom. The monoisotopic (exact) mass is 208 g/mol. The van der Waals surface area contributed by atoms with Gasteiger partial charge >= 0.3 is 0 Å². The molecule has 0 radical (unpaired) electrons. The maximum atomic E-state index is 5.65. The molecule has 0 bridgehead atoms. The number of halogens is 4. The maximum absolute atomic E-state index is 5.65. The third-order valence-corrected chi connectivity index (χ3v) is 3.11. The molecule has 1 rings (SSSR count). The molecule has 1 unspecified atom stereocenters. The molecule has 0 spiro atoms. The molecule has 0 amide bonds. The highest BCUT2D eigenvalue weighted by atomic mass is 35.5. The third kappa shape index (κ3) is 1.78. The number of ether oxygens (including phenoxy) is 1. The molecule has 0 aliphatic carbocycles. The molecule has 1 atom stereocenters. The minimum atomic E-state index is -1.14. The first kappa shape index (κ1) is 8.22. The number of rotatable bonds is 2. The summed E-state index contributed by atoms with van der Waals surface area (Å²) in [6.45, 7) is 0.545. The van der Waals surface area contributed by atoms with E-state index in [9.17, 15) is 0 Å². The molecule has 54 valence electrons.